The summed E-state index contributed by atoms with van der Waals surface area (Å²) >= 11 is 0. The molecule has 0 aromatic heterocycles. The van der Waals surface area contributed by atoms with Crippen LogP contribution in [0.4, 0.5) is 12.6 Å². The van der Waals surface area contributed by atoms with Crippen molar-refractivity contribution in [1.82, 2.24) is 0 Å². The molecule has 0 aliphatic heterocycles. The maximum absolute atomic E-state index is 9.77. The summed E-state index contributed by atoms with van der Waals surface area (Å²) in [6.07, 6.45) is 0. The van der Waals surface area contributed by atoms with Crippen molar-refractivity contribution >= 4 is 8.85 Å². The van der Waals surface area contributed by atoms with Crippen LogP contribution in [-0.2, 0) is 21.1 Å². The molecule has 0 aromatic carbocycles. The van der Waals surface area contributed by atoms with Crippen molar-refractivity contribution in [3.63, 3.8) is 0 Å². The quantitative estimate of drug-likeness (QED) is 0.591. The second-order valence-electron chi connectivity index (χ2n) is 0.214. The zero-order valence-electron chi connectivity index (χ0n) is 2.04. The molecule has 0 radical (unpaired) electrons. The van der Waals surface area contributed by atoms with Crippen LogP contribution in [0.3, 0.4) is 0 Å². The van der Waals surface area contributed by atoms with E-state index in [4.69, 9.17) is 0 Å². The molecule has 0 aromatic rings. The largest absolute Gasteiger partial charge is 0.558 e. The number of hydrogen-bond acceptors (Lipinski definition) is 0. The van der Waals surface area contributed by atoms with Crippen molar-refractivity contribution in [1.29, 1.82) is 0 Å². The van der Waals surface area contributed by atoms with Crippen molar-refractivity contribution in [3.8, 4) is 0 Å². The molecule has 0 saturated carbocycles. The van der Waals surface area contributed by atoms with E-state index in [0.29, 0.717) is 0 Å². The van der Waals surface area contributed by atoms with Crippen LogP contribution in [0.15, 0.2) is 0 Å². The van der Waals surface area contributed by atoms with Gasteiger partial charge in [0.2, 0.25) is 0 Å². The van der Waals surface area contributed by atoms with E-state index < -0.39 is 8.85 Å². The van der Waals surface area contributed by atoms with Crippen molar-refractivity contribution in [2.75, 3.05) is 0 Å². The summed E-state index contributed by atoms with van der Waals surface area (Å²) in [5.74, 6) is 0. The fraction of sp³-hybridized carbons (Fsp3) is 0. The average Bonchev–Trinajstić information content (AvgIpc) is 0.811. The molecule has 0 unspecified atom stereocenters. The molecule has 32 valence electrons. The Morgan fingerprint density at radius 3 is 1.00 bits per heavy atom. The maximum Gasteiger partial charge on any atom is 0.558 e. The van der Waals surface area contributed by atoms with E-state index in [2.05, 4.69) is 0 Å². The first-order valence-corrected chi connectivity index (χ1v) is 1.70. The Morgan fingerprint density at radius 1 is 1.00 bits per heavy atom. The van der Waals surface area contributed by atoms with Gasteiger partial charge >= 0.3 is 8.85 Å². The fourth-order valence-electron chi connectivity index (χ4n) is 0. The van der Waals surface area contributed by atoms with Crippen LogP contribution < -0.4 is 0 Å². The number of hydrogen-bond donors (Lipinski definition) is 0. The van der Waals surface area contributed by atoms with Gasteiger partial charge in [0.25, 0.3) is 0 Å². The minimum atomic E-state index is -4.38. The smallest absolute Gasteiger partial charge is 0 e. The van der Waals surface area contributed by atoms with E-state index in [0.717, 1.165) is 0 Å². The van der Waals surface area contributed by atoms with Gasteiger partial charge in [0.15, 0.2) is 0 Å². The van der Waals surface area contributed by atoms with E-state index in [-0.39, 0.29) is 21.1 Å². The van der Waals surface area contributed by atoms with Gasteiger partial charge < -0.3 is 0 Å². The van der Waals surface area contributed by atoms with E-state index in [1.165, 1.54) is 0 Å². The van der Waals surface area contributed by atoms with Gasteiger partial charge in [-0.1, -0.05) is 0 Å². The van der Waals surface area contributed by atoms with Gasteiger partial charge in [-0.25, -0.2) is 0 Å². The fourth-order valence-corrected chi connectivity index (χ4v) is 0. The monoisotopic (exact) mass is 273 g/mol. The Hall–Kier alpha value is 0.908. The molecule has 0 bridgehead atoms. The predicted octanol–water partition coefficient (Wildman–Crippen LogP) is 1.85. The number of halogens is 3. The molecule has 0 nitrogen and oxygen atoms in total. The first-order valence-electron chi connectivity index (χ1n) is 0.567. The first kappa shape index (κ1) is 9.32. The van der Waals surface area contributed by atoms with Crippen LogP contribution in [0.2, 0.25) is 0 Å². The van der Waals surface area contributed by atoms with Crippen molar-refractivity contribution in [2.24, 2.45) is 0 Å². The van der Waals surface area contributed by atoms with E-state index in [1.54, 1.807) is 0 Å². The van der Waals surface area contributed by atoms with E-state index >= 15 is 0 Å². The molecule has 0 saturated heterocycles. The third-order valence-electron chi connectivity index (χ3n) is 0. The van der Waals surface area contributed by atoms with E-state index in [9.17, 15) is 12.6 Å². The van der Waals surface area contributed by atoms with Gasteiger partial charge in [0.1, 0.15) is 0 Å². The van der Waals surface area contributed by atoms with Crippen molar-refractivity contribution < 1.29 is 33.7 Å². The van der Waals surface area contributed by atoms with Crippen molar-refractivity contribution in [2.45, 2.75) is 0 Å². The summed E-state index contributed by atoms with van der Waals surface area (Å²) in [7, 11) is -4.38. The normalized spacial score (nSPS) is 7.20. The van der Waals surface area contributed by atoms with Gasteiger partial charge in [-0.05, 0) is 0 Å². The maximum atomic E-state index is 9.77. The molecule has 0 atom stereocenters. The van der Waals surface area contributed by atoms with Gasteiger partial charge in [-0.2, -0.15) is 0 Å². The van der Waals surface area contributed by atoms with Crippen molar-refractivity contribution in [3.05, 3.63) is 0 Å². The van der Waals surface area contributed by atoms with Crippen LogP contribution in [0.25, 0.3) is 0 Å². The molecule has 5 heavy (non-hydrogen) atoms. The summed E-state index contributed by atoms with van der Waals surface area (Å²) in [6.45, 7) is 0. The molecule has 0 amide bonds. The molecule has 5 heteroatoms. The Balaban J connectivity index is 0. The standard InChI is InChI=1S/F3HP.W/c1-4(2)3;/h4H;/q+1;. The summed E-state index contributed by atoms with van der Waals surface area (Å²) in [5.41, 5.74) is 0. The predicted molar refractivity (Wildman–Crippen MR) is 11.6 cm³/mol. The van der Waals surface area contributed by atoms with Crippen LogP contribution in [0.1, 0.15) is 0 Å². The van der Waals surface area contributed by atoms with Crippen LogP contribution in [0, 0.1) is 0 Å². The van der Waals surface area contributed by atoms with Crippen LogP contribution in [0.5, 0.6) is 0 Å². The second-order valence-corrected chi connectivity index (χ2v) is 0.643. The molecule has 0 aliphatic carbocycles. The first-order chi connectivity index (χ1) is 1.73. The minimum absolute atomic E-state index is 0. The summed E-state index contributed by atoms with van der Waals surface area (Å²) in [5, 5.41) is 0. The van der Waals surface area contributed by atoms with Gasteiger partial charge in [0, 0.05) is 33.7 Å². The van der Waals surface area contributed by atoms with Gasteiger partial charge in [0.05, 0.1) is 0 Å². The van der Waals surface area contributed by atoms with Gasteiger partial charge in [-0.3, -0.25) is 0 Å². The Bertz CT molecular complexity index is 11.6. The van der Waals surface area contributed by atoms with Gasteiger partial charge in [-0.15, -0.1) is 0 Å². The van der Waals surface area contributed by atoms with Crippen LogP contribution >= 0.6 is 8.85 Å². The molecule has 0 aliphatic rings. The molecule has 0 rings (SSSR count). The summed E-state index contributed by atoms with van der Waals surface area (Å²) in [4.78, 5) is 0. The third kappa shape index (κ3) is 50.3. The zero-order valence-corrected chi connectivity index (χ0v) is 5.98. The summed E-state index contributed by atoms with van der Waals surface area (Å²) < 4.78 is 29.3. The zero-order chi connectivity index (χ0) is 3.58. The SMILES string of the molecule is F[PH+](F)F.[W]. The molecule has 0 heterocycles. The Kier molecular flexibility index (Phi) is 9.15. The number of rotatable bonds is 0. The molecular weight excluding hydrogens is 272 g/mol. The Labute approximate surface area is 43.1 Å². The molecular formula is HF3PW+. The summed E-state index contributed by atoms with van der Waals surface area (Å²) in [6, 6.07) is 0. The second kappa shape index (κ2) is 4.91. The molecule has 0 spiro atoms. The third-order valence-corrected chi connectivity index (χ3v) is 0. The molecule has 0 fully saturated rings. The topological polar surface area (TPSA) is 0 Å². The molecule has 0 N–H and O–H groups in total. The average molecular weight is 273 g/mol. The van der Waals surface area contributed by atoms with Crippen LogP contribution in [-0.4, -0.2) is 0 Å². The minimum Gasteiger partial charge on any atom is 0 e. The van der Waals surface area contributed by atoms with E-state index in [1.807, 2.05) is 0 Å². The Morgan fingerprint density at radius 2 is 1.00 bits per heavy atom.